The molecule has 2 heterocycles. The average Bonchev–Trinajstić information content (AvgIpc) is 3.37. The van der Waals surface area contributed by atoms with Gasteiger partial charge in [-0.05, 0) is 29.8 Å². The molecular formula is C22H22N4O2S2. The summed E-state index contributed by atoms with van der Waals surface area (Å²) in [7, 11) is 3.56. The van der Waals surface area contributed by atoms with Crippen LogP contribution in [-0.4, -0.2) is 33.3 Å². The Bertz CT molecular complexity index is 1100. The molecule has 0 radical (unpaired) electrons. The predicted octanol–water partition coefficient (Wildman–Crippen LogP) is 4.43. The Morgan fingerprint density at radius 1 is 1.23 bits per heavy atom. The highest BCUT2D eigenvalue weighted by molar-refractivity contribution is 8.01. The van der Waals surface area contributed by atoms with Gasteiger partial charge < -0.3 is 14.6 Å². The standard InChI is InChI=1S/C22H22N4O2S2/c1-26-13-12-23-21(26)20(15-7-9-16(28-2)10-8-15)25-19(27)11-14-29-22-24-17-5-3-4-6-18(17)30-22/h3-10,12-13,20H,11,14H2,1-2H3,(H,25,27). The van der Waals surface area contributed by atoms with Crippen LogP contribution in [0.15, 0.2) is 65.3 Å². The van der Waals surface area contributed by atoms with E-state index in [1.165, 1.54) is 4.70 Å². The lowest BCUT2D eigenvalue weighted by molar-refractivity contribution is -0.121. The van der Waals surface area contributed by atoms with Gasteiger partial charge in [0, 0.05) is 31.6 Å². The minimum atomic E-state index is -0.323. The number of thiazole rings is 1. The SMILES string of the molecule is COc1ccc(C(NC(=O)CCSc2nc3ccccc3s2)c2nccn2C)cc1. The summed E-state index contributed by atoms with van der Waals surface area (Å²) in [4.78, 5) is 21.8. The van der Waals surface area contributed by atoms with Crippen LogP contribution in [0.4, 0.5) is 0 Å². The molecule has 0 aliphatic carbocycles. The van der Waals surface area contributed by atoms with Gasteiger partial charge in [-0.25, -0.2) is 9.97 Å². The van der Waals surface area contributed by atoms with E-state index in [9.17, 15) is 4.79 Å². The number of methoxy groups -OCH3 is 1. The second-order valence-electron chi connectivity index (χ2n) is 6.72. The van der Waals surface area contributed by atoms with Crippen LogP contribution in [-0.2, 0) is 11.8 Å². The Hall–Kier alpha value is -2.84. The number of aromatic nitrogens is 3. The van der Waals surface area contributed by atoms with Crippen LogP contribution in [0.2, 0.25) is 0 Å². The Kier molecular flexibility index (Phi) is 6.35. The first-order valence-electron chi connectivity index (χ1n) is 9.53. The molecule has 1 amide bonds. The summed E-state index contributed by atoms with van der Waals surface area (Å²) in [6.07, 6.45) is 4.01. The van der Waals surface area contributed by atoms with Gasteiger partial charge >= 0.3 is 0 Å². The Balaban J connectivity index is 1.41. The molecule has 1 N–H and O–H groups in total. The number of aryl methyl sites for hydroxylation is 1. The molecule has 4 rings (SSSR count). The van der Waals surface area contributed by atoms with E-state index >= 15 is 0 Å². The van der Waals surface area contributed by atoms with Crippen molar-refractivity contribution >= 4 is 39.2 Å². The van der Waals surface area contributed by atoms with Gasteiger partial charge in [-0.15, -0.1) is 11.3 Å². The van der Waals surface area contributed by atoms with Gasteiger partial charge in [-0.2, -0.15) is 0 Å². The molecule has 2 aromatic heterocycles. The second-order valence-corrected chi connectivity index (χ2v) is 9.09. The molecule has 6 nitrogen and oxygen atoms in total. The molecule has 0 aliphatic heterocycles. The summed E-state index contributed by atoms with van der Waals surface area (Å²) in [5.74, 6) is 2.21. The van der Waals surface area contributed by atoms with Crippen LogP contribution in [0.25, 0.3) is 10.2 Å². The van der Waals surface area contributed by atoms with Crippen molar-refractivity contribution in [2.24, 2.45) is 7.05 Å². The number of nitrogens with one attached hydrogen (secondary N) is 1. The molecule has 2 aromatic carbocycles. The molecular weight excluding hydrogens is 416 g/mol. The number of carbonyl (C=O) groups is 1. The van der Waals surface area contributed by atoms with E-state index in [4.69, 9.17) is 4.74 Å². The number of imidazole rings is 1. The Morgan fingerprint density at radius 2 is 2.03 bits per heavy atom. The lowest BCUT2D eigenvalue weighted by Crippen LogP contribution is -2.31. The van der Waals surface area contributed by atoms with E-state index in [-0.39, 0.29) is 11.9 Å². The molecule has 0 spiro atoms. The van der Waals surface area contributed by atoms with Gasteiger partial charge in [0.2, 0.25) is 5.91 Å². The molecule has 0 aliphatic rings. The molecule has 154 valence electrons. The zero-order valence-electron chi connectivity index (χ0n) is 16.7. The van der Waals surface area contributed by atoms with Crippen molar-refractivity contribution in [3.63, 3.8) is 0 Å². The van der Waals surface area contributed by atoms with Crippen LogP contribution in [0.3, 0.4) is 0 Å². The Morgan fingerprint density at radius 3 is 2.73 bits per heavy atom. The summed E-state index contributed by atoms with van der Waals surface area (Å²) in [6.45, 7) is 0. The quantitative estimate of drug-likeness (QED) is 0.412. The first kappa shape index (κ1) is 20.4. The molecule has 0 saturated carbocycles. The van der Waals surface area contributed by atoms with Gasteiger partial charge in [0.1, 0.15) is 17.6 Å². The highest BCUT2D eigenvalue weighted by Gasteiger charge is 2.21. The highest BCUT2D eigenvalue weighted by atomic mass is 32.2. The highest BCUT2D eigenvalue weighted by Crippen LogP contribution is 2.30. The molecule has 1 atom stereocenters. The second kappa shape index (κ2) is 9.32. The molecule has 8 heteroatoms. The summed E-state index contributed by atoms with van der Waals surface area (Å²) in [5.41, 5.74) is 1.96. The fraction of sp³-hybridized carbons (Fsp3) is 0.227. The van der Waals surface area contributed by atoms with Gasteiger partial charge in [0.05, 0.1) is 17.3 Å². The topological polar surface area (TPSA) is 69.0 Å². The third-order valence-corrected chi connectivity index (χ3v) is 6.88. The molecule has 4 aromatic rings. The van der Waals surface area contributed by atoms with E-state index in [1.807, 2.05) is 60.3 Å². The van der Waals surface area contributed by atoms with Gasteiger partial charge in [0.15, 0.2) is 4.34 Å². The number of ether oxygens (including phenoxy) is 1. The van der Waals surface area contributed by atoms with Crippen LogP contribution in [0.1, 0.15) is 23.9 Å². The number of carbonyl (C=O) groups excluding carboxylic acids is 1. The first-order chi connectivity index (χ1) is 14.6. The largest absolute Gasteiger partial charge is 0.497 e. The smallest absolute Gasteiger partial charge is 0.221 e. The van der Waals surface area contributed by atoms with Crippen molar-refractivity contribution in [3.8, 4) is 5.75 Å². The number of para-hydroxylation sites is 1. The number of nitrogens with zero attached hydrogens (tertiary/aromatic N) is 3. The minimum absolute atomic E-state index is 0.0209. The molecule has 0 bridgehead atoms. The minimum Gasteiger partial charge on any atom is -0.497 e. The third kappa shape index (κ3) is 4.66. The van der Waals surface area contributed by atoms with E-state index in [1.54, 1.807) is 36.4 Å². The van der Waals surface area contributed by atoms with Gasteiger partial charge in [0.25, 0.3) is 0 Å². The lowest BCUT2D eigenvalue weighted by Gasteiger charge is -2.19. The number of benzene rings is 2. The molecule has 0 saturated heterocycles. The molecule has 30 heavy (non-hydrogen) atoms. The van der Waals surface area contributed by atoms with Crippen molar-refractivity contribution in [1.82, 2.24) is 19.9 Å². The van der Waals surface area contributed by atoms with Crippen LogP contribution >= 0.6 is 23.1 Å². The number of thioether (sulfide) groups is 1. The first-order valence-corrected chi connectivity index (χ1v) is 11.3. The van der Waals surface area contributed by atoms with Crippen molar-refractivity contribution < 1.29 is 9.53 Å². The summed E-state index contributed by atoms with van der Waals surface area (Å²) >= 11 is 3.27. The van der Waals surface area contributed by atoms with Crippen LogP contribution < -0.4 is 10.1 Å². The van der Waals surface area contributed by atoms with Gasteiger partial charge in [-0.1, -0.05) is 36.0 Å². The normalized spacial score (nSPS) is 12.1. The number of rotatable bonds is 8. The van der Waals surface area contributed by atoms with E-state index in [0.717, 1.165) is 27.0 Å². The maximum absolute atomic E-state index is 12.7. The third-order valence-electron chi connectivity index (χ3n) is 4.70. The van der Waals surface area contributed by atoms with Crippen molar-refractivity contribution in [1.29, 1.82) is 0 Å². The Labute approximate surface area is 183 Å². The van der Waals surface area contributed by atoms with E-state index in [2.05, 4.69) is 21.4 Å². The average molecular weight is 439 g/mol. The van der Waals surface area contributed by atoms with E-state index in [0.29, 0.717) is 12.2 Å². The van der Waals surface area contributed by atoms with Crippen molar-refractivity contribution in [2.75, 3.05) is 12.9 Å². The number of hydrogen-bond donors (Lipinski definition) is 1. The molecule has 1 unspecified atom stereocenters. The van der Waals surface area contributed by atoms with Crippen molar-refractivity contribution in [3.05, 3.63) is 72.3 Å². The van der Waals surface area contributed by atoms with E-state index < -0.39 is 0 Å². The summed E-state index contributed by atoms with van der Waals surface area (Å²) in [6, 6.07) is 15.4. The predicted molar refractivity (Wildman–Crippen MR) is 121 cm³/mol. The molecule has 0 fully saturated rings. The maximum atomic E-state index is 12.7. The lowest BCUT2D eigenvalue weighted by atomic mass is 10.1. The maximum Gasteiger partial charge on any atom is 0.221 e. The number of hydrogen-bond acceptors (Lipinski definition) is 6. The summed E-state index contributed by atoms with van der Waals surface area (Å²) < 4.78 is 9.32. The zero-order valence-corrected chi connectivity index (χ0v) is 18.4. The zero-order chi connectivity index (χ0) is 20.9. The fourth-order valence-electron chi connectivity index (χ4n) is 3.13. The van der Waals surface area contributed by atoms with Crippen LogP contribution in [0, 0.1) is 0 Å². The monoisotopic (exact) mass is 438 g/mol. The van der Waals surface area contributed by atoms with Crippen LogP contribution in [0.5, 0.6) is 5.75 Å². The number of fused-ring (bicyclic) bond motifs is 1. The fourth-order valence-corrected chi connectivity index (χ4v) is 5.20. The van der Waals surface area contributed by atoms with Gasteiger partial charge in [-0.3, -0.25) is 4.79 Å². The van der Waals surface area contributed by atoms with Crippen molar-refractivity contribution in [2.45, 2.75) is 16.8 Å². The summed E-state index contributed by atoms with van der Waals surface area (Å²) in [5, 5.41) is 3.13. The number of amides is 1.